The molecule has 0 amide bonds. The molecular weight excluding hydrogens is 191 g/mol. The Morgan fingerprint density at radius 2 is 1.50 bits per heavy atom. The predicted molar refractivity (Wildman–Crippen MR) is 79.0 cm³/mol. The molecule has 1 atom stereocenters. The Kier molecular flexibility index (Phi) is 9.17. The molecule has 0 aromatic carbocycles. The van der Waals surface area contributed by atoms with E-state index in [1.54, 1.807) is 0 Å². The van der Waals surface area contributed by atoms with Crippen molar-refractivity contribution in [2.75, 3.05) is 0 Å². The molecule has 0 spiro atoms. The summed E-state index contributed by atoms with van der Waals surface area (Å²) in [5, 5.41) is 0.591. The molecule has 0 aromatic heterocycles. The topological polar surface area (TPSA) is 0 Å². The highest BCUT2D eigenvalue weighted by Crippen LogP contribution is 2.34. The molecule has 0 aliphatic carbocycles. The molecule has 0 aliphatic rings. The van der Waals surface area contributed by atoms with Gasteiger partial charge in [-0.15, -0.1) is 0 Å². The van der Waals surface area contributed by atoms with Gasteiger partial charge in [-0.3, -0.25) is 0 Å². The van der Waals surface area contributed by atoms with Crippen molar-refractivity contribution < 1.29 is 0 Å². The van der Waals surface area contributed by atoms with E-state index in [1.807, 2.05) is 0 Å². The van der Waals surface area contributed by atoms with Crippen LogP contribution < -0.4 is 0 Å². The second-order valence-corrected chi connectivity index (χ2v) is 6.61. The van der Waals surface area contributed by atoms with Crippen molar-refractivity contribution in [2.45, 2.75) is 90.8 Å². The van der Waals surface area contributed by atoms with Crippen LogP contribution in [0.4, 0.5) is 0 Å². The molecule has 0 saturated carbocycles. The molecular formula is C15H33B. The number of rotatable bonds is 10. The van der Waals surface area contributed by atoms with Gasteiger partial charge in [0.15, 0.2) is 0 Å². The first-order chi connectivity index (χ1) is 7.48. The van der Waals surface area contributed by atoms with E-state index in [-0.39, 0.29) is 0 Å². The maximum atomic E-state index is 2.44. The predicted octanol–water partition coefficient (Wildman–Crippen LogP) is 4.98. The summed E-state index contributed by atoms with van der Waals surface area (Å²) in [7, 11) is 2.44. The average molecular weight is 224 g/mol. The summed E-state index contributed by atoms with van der Waals surface area (Å²) in [4.78, 5) is 0. The SMILES string of the molecule is BC(C)(CCCC)CCCCCCC(C)C. The van der Waals surface area contributed by atoms with Gasteiger partial charge in [-0.25, -0.2) is 0 Å². The largest absolute Gasteiger partial charge is 0.109 e. The van der Waals surface area contributed by atoms with Crippen LogP contribution in [0.25, 0.3) is 0 Å². The van der Waals surface area contributed by atoms with Crippen molar-refractivity contribution in [1.82, 2.24) is 0 Å². The van der Waals surface area contributed by atoms with Gasteiger partial charge in [0.05, 0.1) is 0 Å². The lowest BCUT2D eigenvalue weighted by molar-refractivity contribution is 0.453. The lowest BCUT2D eigenvalue weighted by atomic mass is 9.64. The van der Waals surface area contributed by atoms with E-state index >= 15 is 0 Å². The molecule has 0 fully saturated rings. The zero-order valence-corrected chi connectivity index (χ0v) is 12.4. The van der Waals surface area contributed by atoms with Crippen molar-refractivity contribution in [2.24, 2.45) is 5.92 Å². The monoisotopic (exact) mass is 224 g/mol. The van der Waals surface area contributed by atoms with E-state index in [0.29, 0.717) is 5.31 Å². The van der Waals surface area contributed by atoms with Gasteiger partial charge in [0, 0.05) is 0 Å². The second kappa shape index (κ2) is 9.13. The molecule has 0 N–H and O–H groups in total. The standard InChI is InChI=1S/C15H33B/c1-5-6-12-15(4,16)13-10-8-7-9-11-14(2)3/h14H,5-13,16H2,1-4H3. The quantitative estimate of drug-likeness (QED) is 0.362. The second-order valence-electron chi connectivity index (χ2n) is 6.61. The minimum absolute atomic E-state index is 0.591. The van der Waals surface area contributed by atoms with Crippen molar-refractivity contribution in [3.05, 3.63) is 0 Å². The molecule has 0 aromatic rings. The van der Waals surface area contributed by atoms with Crippen LogP contribution in [-0.2, 0) is 0 Å². The Morgan fingerprint density at radius 3 is 2.06 bits per heavy atom. The van der Waals surface area contributed by atoms with Crippen molar-refractivity contribution in [1.29, 1.82) is 0 Å². The molecule has 0 aliphatic heterocycles. The van der Waals surface area contributed by atoms with Crippen LogP contribution in [0.15, 0.2) is 0 Å². The van der Waals surface area contributed by atoms with E-state index in [1.165, 1.54) is 57.8 Å². The van der Waals surface area contributed by atoms with Crippen LogP contribution in [0, 0.1) is 5.92 Å². The minimum Gasteiger partial charge on any atom is -0.0669 e. The molecule has 1 unspecified atom stereocenters. The van der Waals surface area contributed by atoms with Crippen LogP contribution >= 0.6 is 0 Å². The first-order valence-electron chi connectivity index (χ1n) is 7.48. The summed E-state index contributed by atoms with van der Waals surface area (Å²) < 4.78 is 0. The van der Waals surface area contributed by atoms with Gasteiger partial charge in [-0.05, 0) is 5.92 Å². The maximum Gasteiger partial charge on any atom is 0.109 e. The van der Waals surface area contributed by atoms with Crippen molar-refractivity contribution >= 4 is 7.85 Å². The molecule has 0 radical (unpaired) electrons. The zero-order valence-electron chi connectivity index (χ0n) is 12.4. The van der Waals surface area contributed by atoms with E-state index in [0.717, 1.165) is 5.92 Å². The van der Waals surface area contributed by atoms with Gasteiger partial charge in [0.2, 0.25) is 0 Å². The van der Waals surface area contributed by atoms with Gasteiger partial charge in [-0.2, -0.15) is 0 Å². The molecule has 16 heavy (non-hydrogen) atoms. The van der Waals surface area contributed by atoms with E-state index in [2.05, 4.69) is 35.5 Å². The van der Waals surface area contributed by atoms with Crippen LogP contribution in [0.2, 0.25) is 5.31 Å². The Balaban J connectivity index is 3.35. The van der Waals surface area contributed by atoms with Crippen LogP contribution in [0.3, 0.4) is 0 Å². The molecule has 0 rings (SSSR count). The molecule has 0 nitrogen and oxygen atoms in total. The summed E-state index contributed by atoms with van der Waals surface area (Å²) in [5.74, 6) is 0.890. The Morgan fingerprint density at radius 1 is 0.938 bits per heavy atom. The highest BCUT2D eigenvalue weighted by Gasteiger charge is 2.16. The average Bonchev–Trinajstić information content (AvgIpc) is 2.20. The highest BCUT2D eigenvalue weighted by atomic mass is 14.2. The van der Waals surface area contributed by atoms with E-state index in [9.17, 15) is 0 Å². The maximum absolute atomic E-state index is 2.44. The summed E-state index contributed by atoms with van der Waals surface area (Å²) in [6, 6.07) is 0. The summed E-state index contributed by atoms with van der Waals surface area (Å²) in [6.45, 7) is 9.39. The summed E-state index contributed by atoms with van der Waals surface area (Å²) in [6.07, 6.45) is 12.8. The fourth-order valence-corrected chi connectivity index (χ4v) is 2.29. The Hall–Kier alpha value is 0.0649. The zero-order chi connectivity index (χ0) is 12.4. The fraction of sp³-hybridized carbons (Fsp3) is 1.00. The van der Waals surface area contributed by atoms with E-state index < -0.39 is 0 Å². The molecule has 96 valence electrons. The van der Waals surface area contributed by atoms with Gasteiger partial charge >= 0.3 is 0 Å². The summed E-state index contributed by atoms with van der Waals surface area (Å²) >= 11 is 0. The normalized spacial score (nSPS) is 15.3. The molecule has 1 heteroatoms. The smallest absolute Gasteiger partial charge is 0.0669 e. The van der Waals surface area contributed by atoms with Crippen LogP contribution in [0.5, 0.6) is 0 Å². The third kappa shape index (κ3) is 10.6. The van der Waals surface area contributed by atoms with Crippen LogP contribution in [0.1, 0.15) is 85.5 Å². The number of unbranched alkanes of at least 4 members (excludes halogenated alkanes) is 4. The summed E-state index contributed by atoms with van der Waals surface area (Å²) in [5.41, 5.74) is 0. The minimum atomic E-state index is 0.591. The third-order valence-corrected chi connectivity index (χ3v) is 3.59. The number of hydrogen-bond donors (Lipinski definition) is 0. The fourth-order valence-electron chi connectivity index (χ4n) is 2.29. The van der Waals surface area contributed by atoms with Crippen LogP contribution in [-0.4, -0.2) is 7.85 Å². The lowest BCUT2D eigenvalue weighted by Crippen LogP contribution is -2.07. The first kappa shape index (κ1) is 16.1. The van der Waals surface area contributed by atoms with Crippen molar-refractivity contribution in [3.63, 3.8) is 0 Å². The van der Waals surface area contributed by atoms with Gasteiger partial charge in [-0.1, -0.05) is 90.8 Å². The van der Waals surface area contributed by atoms with E-state index in [4.69, 9.17) is 0 Å². The Labute approximate surface area is 105 Å². The highest BCUT2D eigenvalue weighted by molar-refractivity contribution is 6.14. The number of hydrogen-bond acceptors (Lipinski definition) is 0. The van der Waals surface area contributed by atoms with Gasteiger partial charge in [0.25, 0.3) is 0 Å². The Bertz CT molecular complexity index is 150. The van der Waals surface area contributed by atoms with Gasteiger partial charge in [0.1, 0.15) is 7.85 Å². The molecule has 0 heterocycles. The molecule has 0 bridgehead atoms. The van der Waals surface area contributed by atoms with Gasteiger partial charge < -0.3 is 0 Å². The third-order valence-electron chi connectivity index (χ3n) is 3.59. The lowest BCUT2D eigenvalue weighted by Gasteiger charge is -2.24. The molecule has 0 saturated heterocycles. The first-order valence-corrected chi connectivity index (χ1v) is 7.48. The van der Waals surface area contributed by atoms with Crippen molar-refractivity contribution in [3.8, 4) is 0 Å².